The molecule has 3 rings (SSSR count). The maximum Gasteiger partial charge on any atom is 0.223 e. The monoisotopic (exact) mass is 328 g/mol. The highest BCUT2D eigenvalue weighted by molar-refractivity contribution is 6.33. The molecule has 9 heteroatoms. The van der Waals surface area contributed by atoms with E-state index in [1.165, 1.54) is 0 Å². The molecule has 116 valence electrons. The first-order valence-corrected chi connectivity index (χ1v) is 7.23. The van der Waals surface area contributed by atoms with Crippen molar-refractivity contribution in [2.24, 2.45) is 0 Å². The van der Waals surface area contributed by atoms with Gasteiger partial charge in [0.05, 0.1) is 25.7 Å². The van der Waals surface area contributed by atoms with Crippen LogP contribution in [0.5, 0.6) is 5.75 Å². The van der Waals surface area contributed by atoms with Gasteiger partial charge in [-0.05, 0) is 19.4 Å². The van der Waals surface area contributed by atoms with Gasteiger partial charge in [0.1, 0.15) is 19.1 Å². The van der Waals surface area contributed by atoms with Crippen LogP contribution in [-0.4, -0.2) is 39.5 Å². The molecule has 7 nitrogen and oxygen atoms in total. The minimum absolute atomic E-state index is 0.0925. The Morgan fingerprint density at radius 2 is 2.00 bits per heavy atom. The minimum atomic E-state index is 0.0925. The topological polar surface area (TPSA) is 91.7 Å². The van der Waals surface area contributed by atoms with E-state index in [0.717, 1.165) is 22.6 Å². The number of nitrogen functional groups attached to an aromatic ring is 1. The summed E-state index contributed by atoms with van der Waals surface area (Å²) in [5.74, 6) is 0.819. The second kappa shape index (κ2) is 5.70. The van der Waals surface area contributed by atoms with Crippen molar-refractivity contribution in [1.82, 2.24) is 24.5 Å². The number of anilines is 1. The van der Waals surface area contributed by atoms with Crippen LogP contribution in [0.3, 0.4) is 0 Å². The van der Waals surface area contributed by atoms with Crippen LogP contribution < -0.4 is 16.1 Å². The third kappa shape index (κ3) is 2.59. The van der Waals surface area contributed by atoms with Gasteiger partial charge in [0, 0.05) is 11.1 Å². The fourth-order valence-electron chi connectivity index (χ4n) is 2.50. The molecule has 0 spiro atoms. The molecule has 0 aliphatic heterocycles. The van der Waals surface area contributed by atoms with Gasteiger partial charge < -0.3 is 15.0 Å². The van der Waals surface area contributed by atoms with Gasteiger partial charge >= 0.3 is 0 Å². The molecule has 0 aromatic carbocycles. The van der Waals surface area contributed by atoms with Gasteiger partial charge in [0.25, 0.3) is 0 Å². The Hall–Kier alpha value is -2.35. The Morgan fingerprint density at radius 3 is 2.70 bits per heavy atom. The van der Waals surface area contributed by atoms with Crippen LogP contribution in [0.4, 0.5) is 5.95 Å². The van der Waals surface area contributed by atoms with E-state index in [1.54, 1.807) is 18.0 Å². The Balaban J connectivity index is 2.12. The normalized spacial score (nSPS) is 11.1. The molecular formula is C14H14BClN6O. The summed E-state index contributed by atoms with van der Waals surface area (Å²) >= 11 is 6.04. The minimum Gasteiger partial charge on any atom is -0.496 e. The van der Waals surface area contributed by atoms with Crippen molar-refractivity contribution in [2.45, 2.75) is 20.4 Å². The summed E-state index contributed by atoms with van der Waals surface area (Å²) < 4.78 is 7.22. The third-order valence-corrected chi connectivity index (χ3v) is 3.98. The SMILES string of the molecule is [B]c1nc(Cn2cnc3c(Cl)nc(N)nc32)c(C)c(OC)c1C. The lowest BCUT2D eigenvalue weighted by molar-refractivity contribution is 0.407. The largest absolute Gasteiger partial charge is 0.496 e. The molecule has 0 amide bonds. The van der Waals surface area contributed by atoms with Gasteiger partial charge in [-0.1, -0.05) is 11.6 Å². The Kier molecular flexibility index (Phi) is 3.85. The van der Waals surface area contributed by atoms with Crippen molar-refractivity contribution < 1.29 is 4.74 Å². The van der Waals surface area contributed by atoms with Crippen LogP contribution in [0.25, 0.3) is 11.2 Å². The van der Waals surface area contributed by atoms with Gasteiger partial charge in [-0.2, -0.15) is 9.97 Å². The highest BCUT2D eigenvalue weighted by Gasteiger charge is 2.15. The summed E-state index contributed by atoms with van der Waals surface area (Å²) in [6.45, 7) is 4.22. The molecule has 0 unspecified atom stereocenters. The van der Waals surface area contributed by atoms with Crippen LogP contribution in [0.2, 0.25) is 5.15 Å². The number of halogens is 1. The molecule has 3 heterocycles. The van der Waals surface area contributed by atoms with Gasteiger partial charge in [0.2, 0.25) is 5.95 Å². The molecule has 0 aliphatic carbocycles. The molecule has 3 aromatic rings. The van der Waals surface area contributed by atoms with Crippen LogP contribution in [0.1, 0.15) is 16.8 Å². The Morgan fingerprint density at radius 1 is 1.26 bits per heavy atom. The molecule has 0 bridgehead atoms. The molecule has 0 saturated carbocycles. The smallest absolute Gasteiger partial charge is 0.223 e. The summed E-state index contributed by atoms with van der Waals surface area (Å²) in [6, 6.07) is 0. The lowest BCUT2D eigenvalue weighted by Crippen LogP contribution is -2.19. The first-order chi connectivity index (χ1) is 10.9. The van der Waals surface area contributed by atoms with Crippen LogP contribution in [-0.2, 0) is 6.54 Å². The first-order valence-electron chi connectivity index (χ1n) is 6.85. The second-order valence-electron chi connectivity index (χ2n) is 5.14. The molecule has 2 radical (unpaired) electrons. The number of fused-ring (bicyclic) bond motifs is 1. The van der Waals surface area contributed by atoms with E-state index in [4.69, 9.17) is 29.9 Å². The Labute approximate surface area is 139 Å². The van der Waals surface area contributed by atoms with Crippen LogP contribution in [0, 0.1) is 13.8 Å². The van der Waals surface area contributed by atoms with Crippen molar-refractivity contribution in [2.75, 3.05) is 12.8 Å². The summed E-state index contributed by atoms with van der Waals surface area (Å²) in [7, 11) is 7.58. The molecule has 0 aliphatic rings. The molecule has 2 N–H and O–H groups in total. The van der Waals surface area contributed by atoms with Gasteiger partial charge in [-0.25, -0.2) is 4.98 Å². The zero-order chi connectivity index (χ0) is 16.7. The molecular weight excluding hydrogens is 314 g/mol. The van der Waals surface area contributed by atoms with Gasteiger partial charge in [-0.3, -0.25) is 4.98 Å². The fraction of sp³-hybridized carbons (Fsp3) is 0.286. The van der Waals surface area contributed by atoms with Crippen molar-refractivity contribution in [3.05, 3.63) is 28.3 Å². The lowest BCUT2D eigenvalue weighted by Gasteiger charge is -2.15. The van der Waals surface area contributed by atoms with E-state index in [0.29, 0.717) is 23.3 Å². The van der Waals surface area contributed by atoms with E-state index < -0.39 is 0 Å². The van der Waals surface area contributed by atoms with Crippen molar-refractivity contribution in [3.8, 4) is 5.75 Å². The number of methoxy groups -OCH3 is 1. The second-order valence-corrected chi connectivity index (χ2v) is 5.50. The molecule has 23 heavy (non-hydrogen) atoms. The number of nitrogens with zero attached hydrogens (tertiary/aromatic N) is 5. The summed E-state index contributed by atoms with van der Waals surface area (Å²) in [6.07, 6.45) is 1.62. The number of hydrogen-bond donors (Lipinski definition) is 1. The van der Waals surface area contributed by atoms with Crippen molar-refractivity contribution in [1.29, 1.82) is 0 Å². The predicted molar refractivity (Wildman–Crippen MR) is 89.5 cm³/mol. The van der Waals surface area contributed by atoms with Gasteiger partial charge in [0.15, 0.2) is 10.8 Å². The maximum absolute atomic E-state index is 6.04. The lowest BCUT2D eigenvalue weighted by atomic mass is 9.95. The van der Waals surface area contributed by atoms with E-state index in [-0.39, 0.29) is 11.1 Å². The highest BCUT2D eigenvalue weighted by Crippen LogP contribution is 2.25. The summed E-state index contributed by atoms with van der Waals surface area (Å²) in [5, 5.41) is 0.219. The molecule has 0 fully saturated rings. The fourth-order valence-corrected chi connectivity index (χ4v) is 2.72. The molecule has 3 aromatic heterocycles. The Bertz CT molecular complexity index is 910. The van der Waals surface area contributed by atoms with Gasteiger partial charge in [-0.15, -0.1) is 0 Å². The standard InChI is InChI=1S/C14H14BClN6O/c1-6-8(19-11(15)7(2)10(6)23-3)4-22-5-18-9-12(16)20-14(17)21-13(9)22/h5H,4H2,1-3H3,(H2,17,20,21). The molecule has 0 saturated heterocycles. The zero-order valence-corrected chi connectivity index (χ0v) is 13.7. The quantitative estimate of drug-likeness (QED) is 0.568. The first kappa shape index (κ1) is 15.5. The average molecular weight is 329 g/mol. The predicted octanol–water partition coefficient (Wildman–Crippen LogP) is 0.924. The van der Waals surface area contributed by atoms with Crippen molar-refractivity contribution >= 4 is 42.2 Å². The van der Waals surface area contributed by atoms with Crippen LogP contribution in [0.15, 0.2) is 6.33 Å². The van der Waals surface area contributed by atoms with E-state index in [9.17, 15) is 0 Å². The number of aromatic nitrogens is 5. The number of rotatable bonds is 3. The van der Waals surface area contributed by atoms with E-state index >= 15 is 0 Å². The number of nitrogens with two attached hydrogens (primary N) is 1. The number of imidazole rings is 1. The number of ether oxygens (including phenoxy) is 1. The average Bonchev–Trinajstić information content (AvgIpc) is 2.89. The van der Waals surface area contributed by atoms with E-state index in [1.807, 2.05) is 13.8 Å². The number of pyridine rings is 1. The maximum atomic E-state index is 6.04. The van der Waals surface area contributed by atoms with E-state index in [2.05, 4.69) is 19.9 Å². The summed E-state index contributed by atoms with van der Waals surface area (Å²) in [4.78, 5) is 16.8. The zero-order valence-electron chi connectivity index (χ0n) is 13.0. The molecule has 0 atom stereocenters. The number of hydrogen-bond acceptors (Lipinski definition) is 6. The van der Waals surface area contributed by atoms with Crippen molar-refractivity contribution in [3.63, 3.8) is 0 Å². The van der Waals surface area contributed by atoms with Crippen LogP contribution >= 0.6 is 11.6 Å². The summed E-state index contributed by atoms with van der Waals surface area (Å²) in [5.41, 5.74) is 9.62. The highest BCUT2D eigenvalue weighted by atomic mass is 35.5. The third-order valence-electron chi connectivity index (χ3n) is 3.72.